The number of fused-ring (bicyclic) bond motifs is 1. The smallest absolute Gasteiger partial charge is 0.407 e. The van der Waals surface area contributed by atoms with Gasteiger partial charge in [0.2, 0.25) is 5.28 Å². The fourth-order valence-electron chi connectivity index (χ4n) is 2.66. The van der Waals surface area contributed by atoms with Gasteiger partial charge in [-0.1, -0.05) is 19.8 Å². The molecule has 0 fully saturated rings. The summed E-state index contributed by atoms with van der Waals surface area (Å²) in [5, 5.41) is 6.42. The number of unbranched alkanes of at least 4 members (excludes halogenated alkanes) is 1. The quantitative estimate of drug-likeness (QED) is 0.670. The lowest BCUT2D eigenvalue weighted by Crippen LogP contribution is -2.47. The minimum absolute atomic E-state index is 0.149. The van der Waals surface area contributed by atoms with Crippen LogP contribution in [0.4, 0.5) is 10.6 Å². The summed E-state index contributed by atoms with van der Waals surface area (Å²) in [7, 11) is 0. The Morgan fingerprint density at radius 1 is 1.26 bits per heavy atom. The Hall–Kier alpha value is -2.15. The molecule has 0 aliphatic heterocycles. The predicted octanol–water partition coefficient (Wildman–Crippen LogP) is 4.56. The maximum atomic E-state index is 12.1. The molecule has 8 heteroatoms. The summed E-state index contributed by atoms with van der Waals surface area (Å²) in [5.41, 5.74) is 0.312. The molecule has 2 aromatic rings. The third kappa shape index (κ3) is 6.50. The molecule has 0 spiro atoms. The number of anilines is 1. The first-order valence-electron chi connectivity index (χ1n) is 9.15. The van der Waals surface area contributed by atoms with Crippen LogP contribution in [0.1, 0.15) is 53.9 Å². The van der Waals surface area contributed by atoms with Crippen molar-refractivity contribution in [2.75, 3.05) is 11.9 Å². The molecular formula is C19H28ClN5O2. The van der Waals surface area contributed by atoms with Crippen molar-refractivity contribution in [3.8, 4) is 0 Å². The second kappa shape index (κ2) is 8.69. The summed E-state index contributed by atoms with van der Waals surface area (Å²) in [5.74, 6) is 0.551. The third-order valence-electron chi connectivity index (χ3n) is 3.95. The number of hydrogen-bond acceptors (Lipinski definition) is 6. The molecule has 0 radical (unpaired) electrons. The number of nitrogens with zero attached hydrogens (tertiary/aromatic N) is 3. The third-order valence-corrected chi connectivity index (χ3v) is 4.12. The number of carbonyl (C=O) groups excluding carboxylic acids is 1. The molecule has 1 amide bonds. The number of carbonyl (C=O) groups is 1. The van der Waals surface area contributed by atoms with Crippen molar-refractivity contribution in [3.05, 3.63) is 23.6 Å². The number of aromatic nitrogens is 3. The normalized spacial score (nSPS) is 13.9. The Bertz CT molecular complexity index is 793. The van der Waals surface area contributed by atoms with E-state index in [0.717, 1.165) is 19.3 Å². The lowest BCUT2D eigenvalue weighted by Gasteiger charge is -2.32. The summed E-state index contributed by atoms with van der Waals surface area (Å²) >= 11 is 6.08. The van der Waals surface area contributed by atoms with Crippen LogP contribution < -0.4 is 10.6 Å². The van der Waals surface area contributed by atoms with E-state index < -0.39 is 17.2 Å². The monoisotopic (exact) mass is 393 g/mol. The highest BCUT2D eigenvalue weighted by molar-refractivity contribution is 6.28. The largest absolute Gasteiger partial charge is 0.444 e. The van der Waals surface area contributed by atoms with Crippen molar-refractivity contribution in [1.29, 1.82) is 0 Å². The molecule has 1 atom stereocenters. The van der Waals surface area contributed by atoms with Crippen molar-refractivity contribution in [2.24, 2.45) is 0 Å². The highest BCUT2D eigenvalue weighted by Crippen LogP contribution is 2.25. The van der Waals surface area contributed by atoms with Gasteiger partial charge in [-0.05, 0) is 57.8 Å². The summed E-state index contributed by atoms with van der Waals surface area (Å²) in [6.45, 7) is 10.0. The Kier molecular flexibility index (Phi) is 6.81. The number of pyridine rings is 1. The van der Waals surface area contributed by atoms with Gasteiger partial charge in [-0.25, -0.2) is 9.78 Å². The van der Waals surface area contributed by atoms with Crippen molar-refractivity contribution < 1.29 is 9.53 Å². The molecule has 1 unspecified atom stereocenters. The van der Waals surface area contributed by atoms with E-state index in [2.05, 4.69) is 32.5 Å². The Balaban J connectivity index is 2.22. The van der Waals surface area contributed by atoms with Crippen LogP contribution in [-0.4, -0.2) is 38.7 Å². The zero-order chi connectivity index (χ0) is 20.1. The Labute approximate surface area is 165 Å². The molecule has 148 valence electrons. The number of ether oxygens (including phenoxy) is 1. The summed E-state index contributed by atoms with van der Waals surface area (Å²) < 4.78 is 5.34. The fraction of sp³-hybridized carbons (Fsp3) is 0.579. The van der Waals surface area contributed by atoms with Gasteiger partial charge in [0.25, 0.3) is 0 Å². The number of alkyl carbamates (subject to hydrolysis) is 1. The molecule has 2 heterocycles. The first kappa shape index (κ1) is 21.2. The average molecular weight is 394 g/mol. The van der Waals surface area contributed by atoms with Crippen LogP contribution in [0, 0.1) is 0 Å². The maximum Gasteiger partial charge on any atom is 0.407 e. The van der Waals surface area contributed by atoms with Crippen LogP contribution in [0.25, 0.3) is 11.0 Å². The molecule has 0 aliphatic rings. The van der Waals surface area contributed by atoms with E-state index in [1.165, 1.54) is 0 Å². The molecule has 2 N–H and O–H groups in total. The topological polar surface area (TPSA) is 89.0 Å². The number of nitrogens with one attached hydrogen (secondary N) is 2. The van der Waals surface area contributed by atoms with Crippen LogP contribution in [0.15, 0.2) is 18.3 Å². The number of halogens is 1. The maximum absolute atomic E-state index is 12.1. The van der Waals surface area contributed by atoms with Crippen LogP contribution >= 0.6 is 11.6 Å². The van der Waals surface area contributed by atoms with Gasteiger partial charge in [0.1, 0.15) is 11.1 Å². The molecule has 2 aromatic heterocycles. The predicted molar refractivity (Wildman–Crippen MR) is 108 cm³/mol. The second-order valence-electron chi connectivity index (χ2n) is 7.86. The molecular weight excluding hydrogens is 366 g/mol. The first-order valence-corrected chi connectivity index (χ1v) is 9.53. The number of rotatable bonds is 7. The zero-order valence-corrected chi connectivity index (χ0v) is 17.4. The van der Waals surface area contributed by atoms with Gasteiger partial charge >= 0.3 is 6.09 Å². The van der Waals surface area contributed by atoms with E-state index >= 15 is 0 Å². The van der Waals surface area contributed by atoms with Crippen molar-refractivity contribution in [2.45, 2.75) is 65.0 Å². The van der Waals surface area contributed by atoms with Crippen LogP contribution in [0.2, 0.25) is 5.28 Å². The summed E-state index contributed by atoms with van der Waals surface area (Å²) in [6, 6.07) is 3.64. The summed E-state index contributed by atoms with van der Waals surface area (Å²) in [4.78, 5) is 25.0. The average Bonchev–Trinajstić information content (AvgIpc) is 2.57. The Morgan fingerprint density at radius 3 is 2.67 bits per heavy atom. The molecule has 7 nitrogen and oxygen atoms in total. The van der Waals surface area contributed by atoms with E-state index in [4.69, 9.17) is 16.3 Å². The molecule has 2 rings (SSSR count). The van der Waals surface area contributed by atoms with Gasteiger partial charge in [0.05, 0.1) is 11.1 Å². The van der Waals surface area contributed by atoms with E-state index in [-0.39, 0.29) is 5.28 Å². The van der Waals surface area contributed by atoms with Gasteiger partial charge in [-0.15, -0.1) is 0 Å². The van der Waals surface area contributed by atoms with E-state index in [1.54, 1.807) is 12.3 Å². The van der Waals surface area contributed by atoms with Crippen LogP contribution in [0.3, 0.4) is 0 Å². The highest BCUT2D eigenvalue weighted by Gasteiger charge is 2.27. The zero-order valence-electron chi connectivity index (χ0n) is 16.6. The molecule has 0 aliphatic carbocycles. The minimum atomic E-state index is -0.544. The van der Waals surface area contributed by atoms with Gasteiger partial charge in [0.15, 0.2) is 5.82 Å². The van der Waals surface area contributed by atoms with Crippen molar-refractivity contribution in [1.82, 2.24) is 20.3 Å². The summed E-state index contributed by atoms with van der Waals surface area (Å²) in [6.07, 6.45) is 4.09. The SMILES string of the molecule is CCCCC(C)(CNC(=O)OC(C)(C)C)Nc1nc(Cl)nc2cccnc12. The molecule has 0 aromatic carbocycles. The van der Waals surface area contributed by atoms with Gasteiger partial charge in [-0.2, -0.15) is 4.98 Å². The van der Waals surface area contributed by atoms with E-state index in [0.29, 0.717) is 23.4 Å². The van der Waals surface area contributed by atoms with E-state index in [9.17, 15) is 4.79 Å². The molecule has 27 heavy (non-hydrogen) atoms. The highest BCUT2D eigenvalue weighted by atomic mass is 35.5. The lowest BCUT2D eigenvalue weighted by molar-refractivity contribution is 0.0517. The standard InChI is InChI=1S/C19H28ClN5O2/c1-6-7-10-19(5,12-22-17(26)27-18(2,3)4)25-15-14-13(9-8-11-21-14)23-16(20)24-15/h8-9,11H,6-7,10,12H2,1-5H3,(H,22,26)(H,23,24,25). The lowest BCUT2D eigenvalue weighted by atomic mass is 9.94. The van der Waals surface area contributed by atoms with Crippen LogP contribution in [0.5, 0.6) is 0 Å². The van der Waals surface area contributed by atoms with Crippen molar-refractivity contribution in [3.63, 3.8) is 0 Å². The van der Waals surface area contributed by atoms with Gasteiger partial charge in [0, 0.05) is 12.7 Å². The van der Waals surface area contributed by atoms with Gasteiger partial charge in [-0.3, -0.25) is 4.98 Å². The molecule has 0 saturated carbocycles. The van der Waals surface area contributed by atoms with Gasteiger partial charge < -0.3 is 15.4 Å². The molecule has 0 saturated heterocycles. The number of hydrogen-bond donors (Lipinski definition) is 2. The molecule has 0 bridgehead atoms. The number of amides is 1. The van der Waals surface area contributed by atoms with E-state index in [1.807, 2.05) is 33.8 Å². The van der Waals surface area contributed by atoms with Crippen molar-refractivity contribution >= 4 is 34.5 Å². The van der Waals surface area contributed by atoms with Crippen LogP contribution in [-0.2, 0) is 4.74 Å². The Morgan fingerprint density at radius 2 is 2.00 bits per heavy atom. The first-order chi connectivity index (χ1) is 12.6. The fourth-order valence-corrected chi connectivity index (χ4v) is 2.83. The minimum Gasteiger partial charge on any atom is -0.444 e. The second-order valence-corrected chi connectivity index (χ2v) is 8.20.